The number of hydrogen-bond donors (Lipinski definition) is 0. The molecule has 3 aromatic rings. The lowest BCUT2D eigenvalue weighted by Gasteiger charge is -2.09. The zero-order valence-corrected chi connectivity index (χ0v) is 13.7. The van der Waals surface area contributed by atoms with Crippen LogP contribution in [0.25, 0.3) is 22.8 Å². The Morgan fingerprint density at radius 2 is 1.58 bits per heavy atom. The van der Waals surface area contributed by atoms with Crippen molar-refractivity contribution < 1.29 is 9.53 Å². The SMILES string of the molecule is CC(C)OC(=O)Cn1nc(-c2ccccc2)nc1-c1ccccc1. The Hall–Kier alpha value is -2.95. The van der Waals surface area contributed by atoms with Crippen molar-refractivity contribution in [1.29, 1.82) is 0 Å². The van der Waals surface area contributed by atoms with Crippen LogP contribution >= 0.6 is 0 Å². The smallest absolute Gasteiger partial charge is 0.328 e. The van der Waals surface area contributed by atoms with Gasteiger partial charge in [-0.1, -0.05) is 60.7 Å². The van der Waals surface area contributed by atoms with Crippen molar-refractivity contribution in [2.45, 2.75) is 26.5 Å². The van der Waals surface area contributed by atoms with Crippen molar-refractivity contribution in [1.82, 2.24) is 14.8 Å². The van der Waals surface area contributed by atoms with Crippen LogP contribution in [0, 0.1) is 0 Å². The lowest BCUT2D eigenvalue weighted by atomic mass is 10.2. The fraction of sp³-hybridized carbons (Fsp3) is 0.211. The number of carbonyl (C=O) groups excluding carboxylic acids is 1. The van der Waals surface area contributed by atoms with Gasteiger partial charge in [-0.2, -0.15) is 0 Å². The maximum Gasteiger partial charge on any atom is 0.328 e. The third-order valence-electron chi connectivity index (χ3n) is 3.38. The molecule has 0 spiro atoms. The van der Waals surface area contributed by atoms with Crippen LogP contribution in [0.15, 0.2) is 60.7 Å². The van der Waals surface area contributed by atoms with Crippen LogP contribution in [0.2, 0.25) is 0 Å². The molecule has 0 amide bonds. The third kappa shape index (κ3) is 3.68. The zero-order valence-electron chi connectivity index (χ0n) is 13.7. The molecule has 122 valence electrons. The first-order valence-electron chi connectivity index (χ1n) is 7.88. The van der Waals surface area contributed by atoms with Crippen molar-refractivity contribution in [2.24, 2.45) is 0 Å². The van der Waals surface area contributed by atoms with Gasteiger partial charge in [-0.25, -0.2) is 9.67 Å². The second kappa shape index (κ2) is 7.08. The van der Waals surface area contributed by atoms with E-state index in [9.17, 15) is 4.79 Å². The van der Waals surface area contributed by atoms with Crippen molar-refractivity contribution in [3.05, 3.63) is 60.7 Å². The minimum absolute atomic E-state index is 0.0300. The molecule has 0 atom stereocenters. The van der Waals surface area contributed by atoms with E-state index in [1.54, 1.807) is 4.68 Å². The van der Waals surface area contributed by atoms with Crippen LogP contribution in [0.4, 0.5) is 0 Å². The highest BCUT2D eigenvalue weighted by Crippen LogP contribution is 2.22. The fourth-order valence-electron chi connectivity index (χ4n) is 2.39. The van der Waals surface area contributed by atoms with Gasteiger partial charge in [0.1, 0.15) is 6.54 Å². The Morgan fingerprint density at radius 3 is 2.17 bits per heavy atom. The van der Waals surface area contributed by atoms with E-state index in [1.807, 2.05) is 74.5 Å². The molecule has 0 fully saturated rings. The Balaban J connectivity index is 1.99. The molecule has 0 bridgehead atoms. The molecule has 0 unspecified atom stereocenters. The van der Waals surface area contributed by atoms with Gasteiger partial charge in [0.05, 0.1) is 6.10 Å². The second-order valence-corrected chi connectivity index (χ2v) is 5.69. The van der Waals surface area contributed by atoms with Gasteiger partial charge in [-0.3, -0.25) is 4.79 Å². The summed E-state index contributed by atoms with van der Waals surface area (Å²) in [5.74, 6) is 0.911. The molecule has 0 aliphatic carbocycles. The highest BCUT2D eigenvalue weighted by molar-refractivity contribution is 5.71. The number of nitrogens with zero attached hydrogens (tertiary/aromatic N) is 3. The summed E-state index contributed by atoms with van der Waals surface area (Å²) in [5, 5.41) is 4.51. The van der Waals surface area contributed by atoms with Crippen molar-refractivity contribution >= 4 is 5.97 Å². The van der Waals surface area contributed by atoms with Gasteiger partial charge in [-0.15, -0.1) is 5.10 Å². The maximum atomic E-state index is 12.0. The summed E-state index contributed by atoms with van der Waals surface area (Å²) in [7, 11) is 0. The molecule has 0 aliphatic rings. The van der Waals surface area contributed by atoms with Gasteiger partial charge in [0.2, 0.25) is 0 Å². The predicted molar refractivity (Wildman–Crippen MR) is 92.1 cm³/mol. The summed E-state index contributed by atoms with van der Waals surface area (Å²) in [6.45, 7) is 3.68. The number of ether oxygens (including phenoxy) is 1. The molecule has 0 radical (unpaired) electrons. The van der Waals surface area contributed by atoms with Crippen LogP contribution < -0.4 is 0 Å². The summed E-state index contributed by atoms with van der Waals surface area (Å²) < 4.78 is 6.83. The van der Waals surface area contributed by atoms with Gasteiger partial charge < -0.3 is 4.74 Å². The van der Waals surface area contributed by atoms with Crippen LogP contribution in [0.1, 0.15) is 13.8 Å². The average Bonchev–Trinajstić information content (AvgIpc) is 2.99. The monoisotopic (exact) mass is 321 g/mol. The predicted octanol–water partition coefficient (Wildman–Crippen LogP) is 3.56. The van der Waals surface area contributed by atoms with Gasteiger partial charge >= 0.3 is 5.97 Å². The molecule has 24 heavy (non-hydrogen) atoms. The molecule has 0 aliphatic heterocycles. The second-order valence-electron chi connectivity index (χ2n) is 5.69. The Morgan fingerprint density at radius 1 is 1.00 bits per heavy atom. The molecule has 0 saturated carbocycles. The van der Waals surface area contributed by atoms with E-state index in [-0.39, 0.29) is 18.6 Å². The molecule has 0 N–H and O–H groups in total. The van der Waals surface area contributed by atoms with Crippen LogP contribution in [-0.4, -0.2) is 26.8 Å². The molecular formula is C19H19N3O2. The summed E-state index contributed by atoms with van der Waals surface area (Å²) in [5.41, 5.74) is 1.81. The van der Waals surface area contributed by atoms with Gasteiger partial charge in [0, 0.05) is 11.1 Å². The first-order chi connectivity index (χ1) is 11.6. The topological polar surface area (TPSA) is 57.0 Å². The standard InChI is InChI=1S/C19H19N3O2/c1-14(2)24-17(23)13-22-19(16-11-7-4-8-12-16)20-18(21-22)15-9-5-3-6-10-15/h3-12,14H,13H2,1-2H3. The summed E-state index contributed by atoms with van der Waals surface area (Å²) >= 11 is 0. The number of benzene rings is 2. The van der Waals surface area contributed by atoms with Gasteiger partial charge in [-0.05, 0) is 13.8 Å². The molecular weight excluding hydrogens is 302 g/mol. The van der Waals surface area contributed by atoms with E-state index in [4.69, 9.17) is 4.74 Å². The van der Waals surface area contributed by atoms with E-state index in [1.165, 1.54) is 0 Å². The number of rotatable bonds is 5. The van der Waals surface area contributed by atoms with E-state index in [2.05, 4.69) is 10.1 Å². The average molecular weight is 321 g/mol. The molecule has 5 heteroatoms. The van der Waals surface area contributed by atoms with E-state index in [0.717, 1.165) is 11.1 Å². The van der Waals surface area contributed by atoms with Crippen LogP contribution in [0.3, 0.4) is 0 Å². The first-order valence-corrected chi connectivity index (χ1v) is 7.88. The van der Waals surface area contributed by atoms with Crippen LogP contribution in [0.5, 0.6) is 0 Å². The summed E-state index contributed by atoms with van der Waals surface area (Å²) in [6.07, 6.45) is -0.158. The molecule has 5 nitrogen and oxygen atoms in total. The maximum absolute atomic E-state index is 12.0. The lowest BCUT2D eigenvalue weighted by Crippen LogP contribution is -2.19. The minimum Gasteiger partial charge on any atom is -0.462 e. The summed E-state index contributed by atoms with van der Waals surface area (Å²) in [4.78, 5) is 16.7. The zero-order chi connectivity index (χ0) is 16.9. The first kappa shape index (κ1) is 15.9. The summed E-state index contributed by atoms with van der Waals surface area (Å²) in [6, 6.07) is 19.4. The van der Waals surface area contributed by atoms with E-state index < -0.39 is 0 Å². The molecule has 0 saturated heterocycles. The molecule has 3 rings (SSSR count). The number of hydrogen-bond acceptors (Lipinski definition) is 4. The van der Waals surface area contributed by atoms with Crippen molar-refractivity contribution in [3.8, 4) is 22.8 Å². The Bertz CT molecular complexity index is 811. The lowest BCUT2D eigenvalue weighted by molar-refractivity contribution is -0.148. The van der Waals surface area contributed by atoms with Gasteiger partial charge in [0.15, 0.2) is 11.6 Å². The molecule has 1 aromatic heterocycles. The highest BCUT2D eigenvalue weighted by Gasteiger charge is 2.16. The number of esters is 1. The largest absolute Gasteiger partial charge is 0.462 e. The molecule has 1 heterocycles. The number of carbonyl (C=O) groups is 1. The Kier molecular flexibility index (Phi) is 4.70. The fourth-order valence-corrected chi connectivity index (χ4v) is 2.39. The van der Waals surface area contributed by atoms with Gasteiger partial charge in [0.25, 0.3) is 0 Å². The normalized spacial score (nSPS) is 10.8. The molecule has 2 aromatic carbocycles. The minimum atomic E-state index is -0.327. The quantitative estimate of drug-likeness (QED) is 0.674. The number of aromatic nitrogens is 3. The Labute approximate surface area is 140 Å². The van der Waals surface area contributed by atoms with Crippen LogP contribution in [-0.2, 0) is 16.1 Å². The van der Waals surface area contributed by atoms with E-state index >= 15 is 0 Å². The highest BCUT2D eigenvalue weighted by atomic mass is 16.5. The van der Waals surface area contributed by atoms with Crippen molar-refractivity contribution in [2.75, 3.05) is 0 Å². The van der Waals surface area contributed by atoms with Crippen molar-refractivity contribution in [3.63, 3.8) is 0 Å². The van der Waals surface area contributed by atoms with E-state index in [0.29, 0.717) is 11.6 Å². The third-order valence-corrected chi connectivity index (χ3v) is 3.38.